The summed E-state index contributed by atoms with van der Waals surface area (Å²) < 4.78 is 34.6. The van der Waals surface area contributed by atoms with Crippen LogP contribution in [0.3, 0.4) is 0 Å². The molecule has 0 unspecified atom stereocenters. The smallest absolute Gasteiger partial charge is 0.338 e. The second-order valence-corrected chi connectivity index (χ2v) is 13.3. The van der Waals surface area contributed by atoms with Crippen molar-refractivity contribution in [3.8, 4) is 5.75 Å². The second-order valence-electron chi connectivity index (χ2n) is 12.0. The number of pyridine rings is 1. The fourth-order valence-electron chi connectivity index (χ4n) is 6.32. The average molecular weight is 752 g/mol. The number of ether oxygens (including phenoxy) is 1. The maximum Gasteiger partial charge on any atom is 0.338 e. The molecule has 14 nitrogen and oxygen atoms in total. The van der Waals surface area contributed by atoms with E-state index in [4.69, 9.17) is 31.3 Å². The predicted molar refractivity (Wildman–Crippen MR) is 185 cm³/mol. The number of hydrogen-bond acceptors (Lipinski definition) is 11. The number of rotatable bonds is 9. The van der Waals surface area contributed by atoms with Crippen LogP contribution < -0.4 is 20.6 Å². The third kappa shape index (κ3) is 6.72. The Hall–Kier alpha value is -5.65. The molecule has 0 spiro atoms. The number of aliphatic imine (C=N–C) groups is 1. The molecule has 0 bridgehead atoms. The number of aromatic nitrogens is 2. The van der Waals surface area contributed by atoms with Gasteiger partial charge in [0.25, 0.3) is 5.56 Å². The van der Waals surface area contributed by atoms with Gasteiger partial charge in [-0.15, -0.1) is 16.1 Å². The summed E-state index contributed by atoms with van der Waals surface area (Å²) in [5.41, 5.74) is 0.474. The van der Waals surface area contributed by atoms with Crippen molar-refractivity contribution < 1.29 is 37.8 Å². The summed E-state index contributed by atoms with van der Waals surface area (Å²) in [4.78, 5) is 70.6. The van der Waals surface area contributed by atoms with Crippen molar-refractivity contribution in [3.63, 3.8) is 0 Å². The lowest BCUT2D eigenvalue weighted by atomic mass is 9.95. The number of carboxylic acids is 1. The Morgan fingerprint density at radius 2 is 1.92 bits per heavy atom. The summed E-state index contributed by atoms with van der Waals surface area (Å²) in [6.07, 6.45) is 2.89. The summed E-state index contributed by atoms with van der Waals surface area (Å²) in [6.45, 7) is 1.66. The molecule has 0 aliphatic carbocycles. The minimum Gasteiger partial charge on any atom is -0.478 e. The maximum absolute atomic E-state index is 14.6. The second kappa shape index (κ2) is 14.2. The van der Waals surface area contributed by atoms with Gasteiger partial charge in [-0.25, -0.2) is 28.1 Å². The van der Waals surface area contributed by atoms with Gasteiger partial charge in [-0.1, -0.05) is 17.7 Å². The molecule has 2 atom stereocenters. The van der Waals surface area contributed by atoms with Gasteiger partial charge in [0.15, 0.2) is 22.4 Å². The van der Waals surface area contributed by atoms with Crippen LogP contribution in [0.15, 0.2) is 87.4 Å². The van der Waals surface area contributed by atoms with Crippen LogP contribution in [0.1, 0.15) is 27.0 Å². The zero-order valence-electron chi connectivity index (χ0n) is 27.2. The number of aromatic carboxylic acids is 1. The molecule has 5 heterocycles. The van der Waals surface area contributed by atoms with Gasteiger partial charge in [0.05, 0.1) is 36.2 Å². The number of benzene rings is 2. The molecule has 7 rings (SSSR count). The molecular formula is C34H28ClF2N7O7S. The van der Waals surface area contributed by atoms with E-state index in [0.29, 0.717) is 47.4 Å². The highest BCUT2D eigenvalue weighted by atomic mass is 35.5. The molecule has 2 aromatic carbocycles. The van der Waals surface area contributed by atoms with E-state index in [0.717, 1.165) is 29.0 Å². The molecule has 2 saturated heterocycles. The number of halogens is 3. The first-order chi connectivity index (χ1) is 25.0. The van der Waals surface area contributed by atoms with Crippen molar-refractivity contribution in [2.45, 2.75) is 12.1 Å². The van der Waals surface area contributed by atoms with Gasteiger partial charge in [0, 0.05) is 66.7 Å². The highest BCUT2D eigenvalue weighted by Gasteiger charge is 2.42. The summed E-state index contributed by atoms with van der Waals surface area (Å²) in [5.74, 6) is -3.47. The fourth-order valence-corrected chi connectivity index (χ4v) is 7.18. The first-order valence-corrected chi connectivity index (χ1v) is 17.0. The van der Waals surface area contributed by atoms with Crippen molar-refractivity contribution in [1.82, 2.24) is 24.8 Å². The SMILES string of the molecule is COC(=O)C1=C(CN2CCN3C(=O)N(c4ccc(=O)n(Oc5ccc(C(=O)O)cc5F)c4)C[C@@H]3C2)NC(c2nccs2)=N[C@H]1c1ccc(F)cc1Cl. The number of nitrogens with zero attached hydrogens (tertiary/aromatic N) is 6. The van der Waals surface area contributed by atoms with Crippen molar-refractivity contribution in [2.75, 3.05) is 44.7 Å². The highest BCUT2D eigenvalue weighted by Crippen LogP contribution is 2.37. The zero-order chi connectivity index (χ0) is 36.7. The number of fused-ring (bicyclic) bond motifs is 1. The molecule has 2 fully saturated rings. The van der Waals surface area contributed by atoms with E-state index in [9.17, 15) is 28.0 Å². The molecule has 2 N–H and O–H groups in total. The average Bonchev–Trinajstić information content (AvgIpc) is 3.78. The van der Waals surface area contributed by atoms with Crippen molar-refractivity contribution in [1.29, 1.82) is 0 Å². The molecule has 52 heavy (non-hydrogen) atoms. The van der Waals surface area contributed by atoms with E-state index in [2.05, 4.69) is 15.2 Å². The monoisotopic (exact) mass is 751 g/mol. The molecule has 2 amide bonds. The Morgan fingerprint density at radius 1 is 1.10 bits per heavy atom. The van der Waals surface area contributed by atoms with Crippen molar-refractivity contribution in [3.05, 3.63) is 121 Å². The normalized spacial score (nSPS) is 18.9. The molecule has 268 valence electrons. The lowest BCUT2D eigenvalue weighted by Crippen LogP contribution is -2.53. The highest BCUT2D eigenvalue weighted by molar-refractivity contribution is 7.11. The Balaban J connectivity index is 1.13. The number of methoxy groups -OCH3 is 1. The Kier molecular flexibility index (Phi) is 9.48. The van der Waals surface area contributed by atoms with E-state index in [-0.39, 0.29) is 47.1 Å². The number of piperazine rings is 1. The van der Waals surface area contributed by atoms with Gasteiger partial charge >= 0.3 is 18.0 Å². The first kappa shape index (κ1) is 34.8. The van der Waals surface area contributed by atoms with Crippen LogP contribution in [0, 0.1) is 11.6 Å². The van der Waals surface area contributed by atoms with Crippen LogP contribution in [0.25, 0.3) is 0 Å². The zero-order valence-corrected chi connectivity index (χ0v) is 28.7. The predicted octanol–water partition coefficient (Wildman–Crippen LogP) is 3.92. The Labute approximate surface area is 302 Å². The van der Waals surface area contributed by atoms with Crippen LogP contribution in [0.2, 0.25) is 5.02 Å². The summed E-state index contributed by atoms with van der Waals surface area (Å²) in [7, 11) is 1.26. The molecule has 0 radical (unpaired) electrons. The summed E-state index contributed by atoms with van der Waals surface area (Å²) in [6, 6.07) is 8.01. The molecule has 3 aliphatic heterocycles. The van der Waals surface area contributed by atoms with Gasteiger partial charge < -0.3 is 24.9 Å². The number of nitrogens with one attached hydrogen (secondary N) is 1. The number of esters is 1. The van der Waals surface area contributed by atoms with Crippen molar-refractivity contribution in [2.24, 2.45) is 4.99 Å². The summed E-state index contributed by atoms with van der Waals surface area (Å²) in [5, 5.41) is 14.8. The minimum atomic E-state index is -1.32. The quantitative estimate of drug-likeness (QED) is 0.240. The van der Waals surface area contributed by atoms with E-state index < -0.39 is 35.2 Å². The largest absolute Gasteiger partial charge is 0.478 e. The van der Waals surface area contributed by atoms with Gasteiger partial charge in [0.1, 0.15) is 11.9 Å². The number of carbonyl (C=O) groups is 3. The van der Waals surface area contributed by atoms with Crippen LogP contribution in [0.5, 0.6) is 5.75 Å². The van der Waals surface area contributed by atoms with Crippen LogP contribution in [-0.4, -0.2) is 94.3 Å². The van der Waals surface area contributed by atoms with E-state index in [1.54, 1.807) is 16.5 Å². The van der Waals surface area contributed by atoms with Crippen molar-refractivity contribution >= 4 is 52.4 Å². The minimum absolute atomic E-state index is 0.0889. The van der Waals surface area contributed by atoms with Gasteiger partial charge in [-0.2, -0.15) is 0 Å². The van der Waals surface area contributed by atoms with E-state index >= 15 is 0 Å². The Bertz CT molecular complexity index is 2210. The van der Waals surface area contributed by atoms with Crippen LogP contribution >= 0.6 is 22.9 Å². The van der Waals surface area contributed by atoms with Crippen LogP contribution in [0.4, 0.5) is 19.3 Å². The van der Waals surface area contributed by atoms with E-state index in [1.807, 2.05) is 0 Å². The molecule has 0 saturated carbocycles. The number of urea groups is 1. The lowest BCUT2D eigenvalue weighted by Gasteiger charge is -2.38. The number of thiazole rings is 1. The molecule has 18 heteroatoms. The molecular weight excluding hydrogens is 724 g/mol. The van der Waals surface area contributed by atoms with Gasteiger partial charge in [-0.05, 0) is 36.4 Å². The number of anilines is 1. The lowest BCUT2D eigenvalue weighted by molar-refractivity contribution is -0.136. The van der Waals surface area contributed by atoms with Gasteiger partial charge in [0.2, 0.25) is 0 Å². The third-order valence-corrected chi connectivity index (χ3v) is 9.90. The van der Waals surface area contributed by atoms with E-state index in [1.165, 1.54) is 53.8 Å². The number of carboxylic acid groups (broad SMARTS) is 1. The third-order valence-electron chi connectivity index (χ3n) is 8.79. The molecule has 2 aromatic heterocycles. The topological polar surface area (TPSA) is 159 Å². The summed E-state index contributed by atoms with van der Waals surface area (Å²) >= 11 is 7.82. The number of carbonyl (C=O) groups excluding carboxylic acids is 2. The maximum atomic E-state index is 14.6. The first-order valence-electron chi connectivity index (χ1n) is 15.8. The number of amidine groups is 1. The van der Waals surface area contributed by atoms with Gasteiger partial charge in [-0.3, -0.25) is 19.6 Å². The fraction of sp³-hybridized carbons (Fsp3) is 0.235. The molecule has 4 aromatic rings. The number of hydrogen-bond donors (Lipinski definition) is 2. The van der Waals surface area contributed by atoms with Crippen LogP contribution in [-0.2, 0) is 9.53 Å². The number of amides is 2. The molecule has 3 aliphatic rings. The standard InChI is InChI=1S/C34H28ClF2N7O7S/c1-50-33(48)28-25(39-30(31-38-8-11-52-31)40-29(28)22-5-3-19(36)13-23(22)35)17-41-9-10-42-21(14-41)15-43(34(42)49)20-4-7-27(45)44(16-20)51-26-6-2-18(32(46)47)12-24(26)37/h2-8,11-13,16,21,29H,9-10,14-15,17H2,1H3,(H,39,40)(H,46,47)/t21-,29-/m0/s1. The Morgan fingerprint density at radius 3 is 2.63 bits per heavy atom.